The molecule has 1 unspecified atom stereocenters. The van der Waals surface area contributed by atoms with E-state index in [0.29, 0.717) is 12.0 Å². The summed E-state index contributed by atoms with van der Waals surface area (Å²) in [6.45, 7) is 3.11. The van der Waals surface area contributed by atoms with Gasteiger partial charge in [0.1, 0.15) is 0 Å². The predicted octanol–water partition coefficient (Wildman–Crippen LogP) is 3.11. The van der Waals surface area contributed by atoms with Crippen LogP contribution in [0.3, 0.4) is 0 Å². The molecule has 3 rings (SSSR count). The van der Waals surface area contributed by atoms with E-state index in [1.807, 2.05) is 12.1 Å². The van der Waals surface area contributed by atoms with Gasteiger partial charge in [-0.3, -0.25) is 4.79 Å². The van der Waals surface area contributed by atoms with Crippen molar-refractivity contribution in [2.75, 3.05) is 19.6 Å². The lowest BCUT2D eigenvalue weighted by Crippen LogP contribution is -2.42. The van der Waals surface area contributed by atoms with Gasteiger partial charge in [0.25, 0.3) is 5.91 Å². The van der Waals surface area contributed by atoms with Crippen LogP contribution in [0.4, 0.5) is 0 Å². The highest BCUT2D eigenvalue weighted by Crippen LogP contribution is 2.32. The molecule has 1 atom stereocenters. The Labute approximate surface area is 126 Å². The summed E-state index contributed by atoms with van der Waals surface area (Å²) in [5.74, 6) is 0.852. The molecule has 0 radical (unpaired) electrons. The van der Waals surface area contributed by atoms with Crippen molar-refractivity contribution in [3.8, 4) is 0 Å². The topological polar surface area (TPSA) is 32.3 Å². The van der Waals surface area contributed by atoms with Crippen molar-refractivity contribution in [2.24, 2.45) is 5.92 Å². The second kappa shape index (κ2) is 5.94. The minimum absolute atomic E-state index is 0.226. The zero-order valence-corrected chi connectivity index (χ0v) is 13.3. The maximum Gasteiger partial charge on any atom is 0.264 e. The lowest BCUT2D eigenvalue weighted by Gasteiger charge is -2.30. The Balaban J connectivity index is 1.68. The number of nitrogens with zero attached hydrogens (tertiary/aromatic N) is 1. The van der Waals surface area contributed by atoms with Gasteiger partial charge in [0.05, 0.1) is 8.66 Å². The van der Waals surface area contributed by atoms with Crippen molar-refractivity contribution in [3.05, 3.63) is 20.8 Å². The number of carbonyl (C=O) groups excluding carboxylic acids is 1. The number of nitrogens with one attached hydrogen (secondary N) is 1. The summed E-state index contributed by atoms with van der Waals surface area (Å²) >= 11 is 4.98. The highest BCUT2D eigenvalue weighted by molar-refractivity contribution is 9.11. The summed E-state index contributed by atoms with van der Waals surface area (Å²) in [5.41, 5.74) is 0. The average Bonchev–Trinajstić information content (AvgIpc) is 3.18. The quantitative estimate of drug-likeness (QED) is 0.911. The molecule has 2 heterocycles. The molecular weight excluding hydrogens is 324 g/mol. The lowest BCUT2D eigenvalue weighted by molar-refractivity contribution is 0.0709. The summed E-state index contributed by atoms with van der Waals surface area (Å²) in [6.07, 6.45) is 4.84. The number of rotatable bonds is 4. The van der Waals surface area contributed by atoms with Crippen molar-refractivity contribution in [2.45, 2.75) is 31.7 Å². The fourth-order valence-corrected chi connectivity index (χ4v) is 4.05. The van der Waals surface area contributed by atoms with Crippen molar-refractivity contribution >= 4 is 33.2 Å². The van der Waals surface area contributed by atoms with E-state index in [1.54, 1.807) is 11.3 Å². The van der Waals surface area contributed by atoms with Crippen LogP contribution in [-0.2, 0) is 0 Å². The highest BCUT2D eigenvalue weighted by Gasteiger charge is 2.35. The summed E-state index contributed by atoms with van der Waals surface area (Å²) in [4.78, 5) is 15.6. The van der Waals surface area contributed by atoms with Crippen LogP contribution in [0.2, 0.25) is 0 Å². The predicted molar refractivity (Wildman–Crippen MR) is 81.7 cm³/mol. The van der Waals surface area contributed by atoms with Crippen LogP contribution in [0.1, 0.15) is 35.4 Å². The number of carbonyl (C=O) groups is 1. The molecule has 1 aliphatic carbocycles. The second-order valence-corrected chi connectivity index (χ2v) is 7.97. The molecule has 5 heteroatoms. The first-order valence-corrected chi connectivity index (χ1v) is 8.62. The molecule has 0 bridgehead atoms. The van der Waals surface area contributed by atoms with Gasteiger partial charge in [-0.15, -0.1) is 11.3 Å². The van der Waals surface area contributed by atoms with Gasteiger partial charge in [0.15, 0.2) is 0 Å². The molecule has 1 aromatic rings. The lowest BCUT2D eigenvalue weighted by atomic mass is 9.99. The van der Waals surface area contributed by atoms with Gasteiger partial charge in [0, 0.05) is 12.6 Å². The van der Waals surface area contributed by atoms with E-state index in [2.05, 4.69) is 26.1 Å². The Morgan fingerprint density at radius 3 is 2.84 bits per heavy atom. The van der Waals surface area contributed by atoms with Crippen LogP contribution in [0.25, 0.3) is 0 Å². The Bertz CT molecular complexity index is 452. The van der Waals surface area contributed by atoms with E-state index in [0.717, 1.165) is 28.3 Å². The summed E-state index contributed by atoms with van der Waals surface area (Å²) in [5, 5.41) is 3.44. The van der Waals surface area contributed by atoms with E-state index < -0.39 is 0 Å². The van der Waals surface area contributed by atoms with Gasteiger partial charge >= 0.3 is 0 Å². The van der Waals surface area contributed by atoms with Crippen LogP contribution < -0.4 is 5.32 Å². The SMILES string of the molecule is O=C(c1ccc(Br)s1)N(CC1CCCNC1)C1CC1. The molecule has 2 aliphatic rings. The molecular formula is C14H19BrN2OS. The standard InChI is InChI=1S/C14H19BrN2OS/c15-13-6-5-12(19-13)14(18)17(11-3-4-11)9-10-2-1-7-16-8-10/h5-6,10-11,16H,1-4,7-9H2. The van der Waals surface area contributed by atoms with Crippen LogP contribution in [0, 0.1) is 5.92 Å². The monoisotopic (exact) mass is 342 g/mol. The molecule has 1 N–H and O–H groups in total. The van der Waals surface area contributed by atoms with E-state index >= 15 is 0 Å². The first-order chi connectivity index (χ1) is 9.24. The van der Waals surface area contributed by atoms with Crippen molar-refractivity contribution in [1.29, 1.82) is 0 Å². The molecule has 104 valence electrons. The van der Waals surface area contributed by atoms with Gasteiger partial charge in [-0.1, -0.05) is 0 Å². The molecule has 0 aromatic carbocycles. The number of hydrogen-bond donors (Lipinski definition) is 1. The number of hydrogen-bond acceptors (Lipinski definition) is 3. The minimum atomic E-state index is 0.226. The van der Waals surface area contributed by atoms with Gasteiger partial charge < -0.3 is 10.2 Å². The third-order valence-electron chi connectivity index (χ3n) is 3.89. The summed E-state index contributed by atoms with van der Waals surface area (Å²) in [6, 6.07) is 4.40. The van der Waals surface area contributed by atoms with Crippen molar-refractivity contribution in [3.63, 3.8) is 0 Å². The fourth-order valence-electron chi connectivity index (χ4n) is 2.71. The number of halogens is 1. The van der Waals surface area contributed by atoms with Crippen molar-refractivity contribution < 1.29 is 4.79 Å². The van der Waals surface area contributed by atoms with Crippen molar-refractivity contribution in [1.82, 2.24) is 10.2 Å². The molecule has 3 nitrogen and oxygen atoms in total. The van der Waals surface area contributed by atoms with Gasteiger partial charge in [-0.2, -0.15) is 0 Å². The van der Waals surface area contributed by atoms with Crippen LogP contribution in [0.5, 0.6) is 0 Å². The third kappa shape index (κ3) is 3.38. The van der Waals surface area contributed by atoms with Gasteiger partial charge in [-0.25, -0.2) is 0 Å². The third-order valence-corrected chi connectivity index (χ3v) is 5.50. The van der Waals surface area contributed by atoms with Crippen LogP contribution >= 0.6 is 27.3 Å². The fraction of sp³-hybridized carbons (Fsp3) is 0.643. The van der Waals surface area contributed by atoms with E-state index in [9.17, 15) is 4.79 Å². The molecule has 1 saturated carbocycles. The number of amides is 1. The first kappa shape index (κ1) is 13.6. The maximum atomic E-state index is 12.6. The molecule has 1 amide bonds. The zero-order chi connectivity index (χ0) is 13.2. The molecule has 0 spiro atoms. The van der Waals surface area contributed by atoms with E-state index in [4.69, 9.17) is 0 Å². The van der Waals surface area contributed by atoms with Crippen LogP contribution in [0.15, 0.2) is 15.9 Å². The second-order valence-electron chi connectivity index (χ2n) is 5.50. The largest absolute Gasteiger partial charge is 0.335 e. The molecule has 2 fully saturated rings. The average molecular weight is 343 g/mol. The first-order valence-electron chi connectivity index (χ1n) is 7.01. The number of piperidine rings is 1. The zero-order valence-electron chi connectivity index (χ0n) is 10.9. The molecule has 19 heavy (non-hydrogen) atoms. The van der Waals surface area contributed by atoms with Crippen LogP contribution in [-0.4, -0.2) is 36.5 Å². The highest BCUT2D eigenvalue weighted by atomic mass is 79.9. The van der Waals surface area contributed by atoms with Gasteiger partial charge in [0.2, 0.25) is 0 Å². The molecule has 1 saturated heterocycles. The van der Waals surface area contributed by atoms with E-state index in [-0.39, 0.29) is 5.91 Å². The molecule has 1 aromatic heterocycles. The smallest absolute Gasteiger partial charge is 0.264 e. The summed E-state index contributed by atoms with van der Waals surface area (Å²) in [7, 11) is 0. The Kier molecular flexibility index (Phi) is 4.24. The van der Waals surface area contributed by atoms with Gasteiger partial charge in [-0.05, 0) is 72.8 Å². The Hall–Kier alpha value is -0.390. The Morgan fingerprint density at radius 1 is 1.42 bits per heavy atom. The number of thiophene rings is 1. The Morgan fingerprint density at radius 2 is 2.26 bits per heavy atom. The molecule has 1 aliphatic heterocycles. The maximum absolute atomic E-state index is 12.6. The summed E-state index contributed by atoms with van der Waals surface area (Å²) < 4.78 is 1.03. The normalized spacial score (nSPS) is 23.3. The van der Waals surface area contributed by atoms with E-state index in [1.165, 1.54) is 25.7 Å². The minimum Gasteiger partial charge on any atom is -0.335 e.